The lowest BCUT2D eigenvalue weighted by Crippen LogP contribution is -3.00. The average molecular weight is 222 g/mol. The molecule has 0 bridgehead atoms. The van der Waals surface area contributed by atoms with Gasteiger partial charge in [0.15, 0.2) is 6.23 Å². The van der Waals surface area contributed by atoms with Gasteiger partial charge in [0.05, 0.1) is 27.7 Å². The minimum Gasteiger partial charge on any atom is -1.00 e. The molecule has 2 nitrogen and oxygen atoms in total. The third-order valence-electron chi connectivity index (χ3n) is 1.92. The van der Waals surface area contributed by atoms with Crippen molar-refractivity contribution in [2.75, 3.05) is 27.7 Å². The monoisotopic (exact) mass is 221 g/mol. The molecule has 0 saturated carbocycles. The van der Waals surface area contributed by atoms with E-state index in [-0.39, 0.29) is 12.4 Å². The van der Waals surface area contributed by atoms with Crippen molar-refractivity contribution in [1.29, 1.82) is 0 Å². The zero-order valence-electron chi connectivity index (χ0n) is 10.1. The second-order valence-corrected chi connectivity index (χ2v) is 4.63. The fourth-order valence-corrected chi connectivity index (χ4v) is 1.18. The van der Waals surface area contributed by atoms with Crippen LogP contribution in [0.5, 0.6) is 0 Å². The Bertz CT molecular complexity index is 163. The van der Waals surface area contributed by atoms with E-state index in [0.717, 1.165) is 22.9 Å². The molecule has 0 saturated heterocycles. The van der Waals surface area contributed by atoms with Crippen molar-refractivity contribution in [1.82, 2.24) is 0 Å². The van der Waals surface area contributed by atoms with E-state index in [0.29, 0.717) is 12.8 Å². The van der Waals surface area contributed by atoms with E-state index in [1.165, 1.54) is 0 Å². The Hall–Kier alpha value is -0.0500. The number of ether oxygens (including phenoxy) is 1. The smallest absolute Gasteiger partial charge is 0.192 e. The van der Waals surface area contributed by atoms with Gasteiger partial charge in [-0.25, -0.2) is 0 Å². The summed E-state index contributed by atoms with van der Waals surface area (Å²) in [6, 6.07) is 0. The summed E-state index contributed by atoms with van der Waals surface area (Å²) in [5.74, 6) is 0. The van der Waals surface area contributed by atoms with Crippen LogP contribution in [0.4, 0.5) is 0 Å². The molecule has 0 aromatic heterocycles. The van der Waals surface area contributed by atoms with Crippen LogP contribution in [0.15, 0.2) is 12.2 Å². The third-order valence-corrected chi connectivity index (χ3v) is 1.92. The molecule has 0 aromatic carbocycles. The Kier molecular flexibility index (Phi) is 8.51. The zero-order valence-corrected chi connectivity index (χ0v) is 10.9. The van der Waals surface area contributed by atoms with Crippen molar-refractivity contribution in [2.24, 2.45) is 0 Å². The highest BCUT2D eigenvalue weighted by atomic mass is 35.5. The summed E-state index contributed by atoms with van der Waals surface area (Å²) in [6.07, 6.45) is 2.56. The molecule has 0 aliphatic heterocycles. The van der Waals surface area contributed by atoms with Crippen LogP contribution in [0.25, 0.3) is 0 Å². The van der Waals surface area contributed by atoms with Crippen molar-refractivity contribution in [3.05, 3.63) is 12.2 Å². The first-order valence-corrected chi connectivity index (χ1v) is 4.95. The highest BCUT2D eigenvalue weighted by Crippen LogP contribution is 2.12. The maximum atomic E-state index is 5.78. The van der Waals surface area contributed by atoms with E-state index in [4.69, 9.17) is 4.74 Å². The highest BCUT2D eigenvalue weighted by Gasteiger charge is 2.22. The molecule has 0 amide bonds. The first kappa shape index (κ1) is 16.4. The minimum atomic E-state index is 0. The summed E-state index contributed by atoms with van der Waals surface area (Å²) >= 11 is 0. The van der Waals surface area contributed by atoms with E-state index in [1.54, 1.807) is 0 Å². The number of rotatable bonds is 6. The second-order valence-electron chi connectivity index (χ2n) is 4.63. The highest BCUT2D eigenvalue weighted by molar-refractivity contribution is 4.87. The molecule has 1 atom stereocenters. The predicted molar refractivity (Wildman–Crippen MR) is 57.5 cm³/mol. The van der Waals surface area contributed by atoms with Gasteiger partial charge in [-0.15, -0.1) is 0 Å². The molecule has 0 aromatic rings. The van der Waals surface area contributed by atoms with Crippen LogP contribution in [-0.4, -0.2) is 38.5 Å². The fraction of sp³-hybridized carbons (Fsp3) is 0.818. The van der Waals surface area contributed by atoms with E-state index < -0.39 is 0 Å². The largest absolute Gasteiger partial charge is 1.00 e. The molecule has 0 spiro atoms. The molecule has 0 N–H and O–H groups in total. The Morgan fingerprint density at radius 3 is 2.14 bits per heavy atom. The normalized spacial score (nSPS) is 13.2. The van der Waals surface area contributed by atoms with Crippen molar-refractivity contribution in [2.45, 2.75) is 32.9 Å². The standard InChI is InChI=1S/C11H24NO.ClH/c1-7-8-11(12(4,5)6)13-9-10(2)3;/h11H,2,7-9H2,1,3-6H3;1H/q+1;/p-1. The number of quaternary nitrogens is 1. The van der Waals surface area contributed by atoms with E-state index in [1.807, 2.05) is 6.92 Å². The molecular weight excluding hydrogens is 198 g/mol. The van der Waals surface area contributed by atoms with Gasteiger partial charge in [-0.2, -0.15) is 0 Å². The third kappa shape index (κ3) is 7.36. The van der Waals surface area contributed by atoms with Crippen molar-refractivity contribution < 1.29 is 21.6 Å². The summed E-state index contributed by atoms with van der Waals surface area (Å²) < 4.78 is 6.64. The molecule has 0 radical (unpaired) electrons. The Morgan fingerprint density at radius 2 is 1.86 bits per heavy atom. The maximum Gasteiger partial charge on any atom is 0.192 e. The zero-order chi connectivity index (χ0) is 10.5. The summed E-state index contributed by atoms with van der Waals surface area (Å²) in [7, 11) is 6.50. The van der Waals surface area contributed by atoms with Crippen LogP contribution in [0, 0.1) is 0 Å². The molecule has 0 fully saturated rings. The number of nitrogens with zero attached hydrogens (tertiary/aromatic N) is 1. The first-order valence-electron chi connectivity index (χ1n) is 4.95. The molecule has 0 rings (SSSR count). The molecular formula is C11H24ClNO. The lowest BCUT2D eigenvalue weighted by Gasteiger charge is -2.33. The van der Waals surface area contributed by atoms with Crippen LogP contribution in [0.1, 0.15) is 26.7 Å². The Labute approximate surface area is 94.9 Å². The van der Waals surface area contributed by atoms with Crippen LogP contribution >= 0.6 is 0 Å². The van der Waals surface area contributed by atoms with E-state index in [2.05, 4.69) is 34.6 Å². The fourth-order valence-electron chi connectivity index (χ4n) is 1.18. The van der Waals surface area contributed by atoms with E-state index in [9.17, 15) is 0 Å². The summed E-state index contributed by atoms with van der Waals surface area (Å²) in [4.78, 5) is 0. The number of hydrogen-bond acceptors (Lipinski definition) is 1. The van der Waals surface area contributed by atoms with Crippen LogP contribution in [0.3, 0.4) is 0 Å². The van der Waals surface area contributed by atoms with Gasteiger partial charge in [0.2, 0.25) is 0 Å². The first-order chi connectivity index (χ1) is 5.88. The maximum absolute atomic E-state index is 5.78. The van der Waals surface area contributed by atoms with Crippen LogP contribution < -0.4 is 12.4 Å². The SMILES string of the molecule is C=C(C)COC(CCC)[N+](C)(C)C.[Cl-]. The number of hydrogen-bond donors (Lipinski definition) is 0. The minimum absolute atomic E-state index is 0. The van der Waals surface area contributed by atoms with Gasteiger partial charge >= 0.3 is 0 Å². The van der Waals surface area contributed by atoms with Crippen molar-refractivity contribution in [3.63, 3.8) is 0 Å². The van der Waals surface area contributed by atoms with E-state index >= 15 is 0 Å². The van der Waals surface area contributed by atoms with Gasteiger partial charge in [0.25, 0.3) is 0 Å². The quantitative estimate of drug-likeness (QED) is 0.331. The van der Waals surface area contributed by atoms with Crippen molar-refractivity contribution >= 4 is 0 Å². The van der Waals surface area contributed by atoms with Gasteiger partial charge in [-0.3, -0.25) is 0 Å². The average Bonchev–Trinajstić information content (AvgIpc) is 1.95. The molecule has 0 aliphatic rings. The summed E-state index contributed by atoms with van der Waals surface area (Å²) in [6.45, 7) is 8.70. The molecule has 0 heterocycles. The molecule has 3 heteroatoms. The lowest BCUT2D eigenvalue weighted by molar-refractivity contribution is -0.920. The molecule has 0 aliphatic carbocycles. The molecule has 1 unspecified atom stereocenters. The Balaban J connectivity index is 0. The van der Waals surface area contributed by atoms with Gasteiger partial charge in [0.1, 0.15) is 0 Å². The van der Waals surface area contributed by atoms with Crippen LogP contribution in [-0.2, 0) is 4.74 Å². The molecule has 14 heavy (non-hydrogen) atoms. The predicted octanol–water partition coefficient (Wildman–Crippen LogP) is -0.584. The molecule has 86 valence electrons. The van der Waals surface area contributed by atoms with Gasteiger partial charge in [-0.05, 0) is 13.3 Å². The van der Waals surface area contributed by atoms with Crippen molar-refractivity contribution in [3.8, 4) is 0 Å². The second kappa shape index (κ2) is 7.27. The lowest BCUT2D eigenvalue weighted by atomic mass is 10.2. The Morgan fingerprint density at radius 1 is 1.36 bits per heavy atom. The van der Waals surface area contributed by atoms with Gasteiger partial charge in [-0.1, -0.05) is 19.1 Å². The topological polar surface area (TPSA) is 9.23 Å². The van der Waals surface area contributed by atoms with Gasteiger partial charge in [0, 0.05) is 6.42 Å². The number of halogens is 1. The van der Waals surface area contributed by atoms with Gasteiger partial charge < -0.3 is 21.6 Å². The summed E-state index contributed by atoms with van der Waals surface area (Å²) in [5, 5.41) is 0. The van der Waals surface area contributed by atoms with Crippen LogP contribution in [0.2, 0.25) is 0 Å². The summed E-state index contributed by atoms with van der Waals surface area (Å²) in [5.41, 5.74) is 1.09.